The minimum absolute atomic E-state index is 0.462. The Morgan fingerprint density at radius 3 is 2.43 bits per heavy atom. The van der Waals surface area contributed by atoms with Crippen molar-refractivity contribution in [1.29, 1.82) is 0 Å². The van der Waals surface area contributed by atoms with Gasteiger partial charge in [0.2, 0.25) is 5.83 Å². The van der Waals surface area contributed by atoms with Gasteiger partial charge in [0, 0.05) is 11.1 Å². The van der Waals surface area contributed by atoms with Gasteiger partial charge in [0.05, 0.1) is 17.2 Å². The van der Waals surface area contributed by atoms with E-state index >= 15 is 0 Å². The number of allylic oxidation sites excluding steroid dienone is 6. The molecule has 0 aliphatic heterocycles. The van der Waals surface area contributed by atoms with Crippen LogP contribution in [0.3, 0.4) is 0 Å². The van der Waals surface area contributed by atoms with Crippen LogP contribution in [0.5, 0.6) is 5.75 Å². The molecule has 1 N–H and O–H groups in total. The van der Waals surface area contributed by atoms with Crippen molar-refractivity contribution in [2.45, 2.75) is 6.92 Å². The Hall–Kier alpha value is -2.04. The number of carbonyl (C=O) groups is 1. The molecular weight excluding hydrogens is 342 g/mol. The molecule has 0 aromatic heterocycles. The number of hydrogen-bond donors (Lipinski definition) is 1. The van der Waals surface area contributed by atoms with Gasteiger partial charge in [0.25, 0.3) is 0 Å². The number of rotatable bonds is 6. The van der Waals surface area contributed by atoms with Gasteiger partial charge in [-0.1, -0.05) is 59.7 Å². The van der Waals surface area contributed by atoms with Crippen molar-refractivity contribution in [2.75, 3.05) is 7.11 Å². The van der Waals surface area contributed by atoms with Crippen molar-refractivity contribution in [3.05, 3.63) is 69.5 Å². The first-order chi connectivity index (χ1) is 10.9. The quantitative estimate of drug-likeness (QED) is 0.550. The molecule has 23 heavy (non-hydrogen) atoms. The smallest absolute Gasteiger partial charge is 0.364 e. The molecule has 3 nitrogen and oxygen atoms in total. The zero-order chi connectivity index (χ0) is 17.4. The summed E-state index contributed by atoms with van der Waals surface area (Å²) in [6.07, 6.45) is 10.4. The lowest BCUT2D eigenvalue weighted by atomic mass is 10.1. The summed E-state index contributed by atoms with van der Waals surface area (Å²) in [5, 5.41) is 9.28. The molecule has 0 aliphatic carbocycles. The van der Waals surface area contributed by atoms with Gasteiger partial charge in [-0.2, -0.15) is 4.39 Å². The van der Waals surface area contributed by atoms with Crippen LogP contribution in [-0.2, 0) is 4.79 Å². The van der Waals surface area contributed by atoms with Gasteiger partial charge in [-0.3, -0.25) is 0 Å². The summed E-state index contributed by atoms with van der Waals surface area (Å²) >= 11 is 12.4. The topological polar surface area (TPSA) is 46.5 Å². The molecule has 0 spiro atoms. The molecule has 0 aliphatic rings. The number of aliphatic carboxylic acids is 1. The predicted octanol–water partition coefficient (Wildman–Crippen LogP) is 5.37. The highest BCUT2D eigenvalue weighted by Crippen LogP contribution is 2.35. The van der Waals surface area contributed by atoms with E-state index in [0.717, 1.165) is 11.6 Å². The molecule has 1 aromatic rings. The summed E-state index contributed by atoms with van der Waals surface area (Å²) in [5.74, 6) is -2.21. The molecule has 0 atom stereocenters. The first kappa shape index (κ1) is 19.0. The Morgan fingerprint density at radius 1 is 1.22 bits per heavy atom. The average molecular weight is 357 g/mol. The van der Waals surface area contributed by atoms with Crippen molar-refractivity contribution in [3.8, 4) is 5.75 Å². The van der Waals surface area contributed by atoms with Gasteiger partial charge >= 0.3 is 5.97 Å². The molecule has 0 radical (unpaired) electrons. The maximum Gasteiger partial charge on any atom is 0.364 e. The van der Waals surface area contributed by atoms with E-state index in [1.54, 1.807) is 37.5 Å². The molecule has 0 unspecified atom stereocenters. The minimum atomic E-state index is -1.60. The van der Waals surface area contributed by atoms with Crippen molar-refractivity contribution < 1.29 is 19.0 Å². The van der Waals surface area contributed by atoms with Gasteiger partial charge < -0.3 is 9.84 Å². The average Bonchev–Trinajstić information content (AvgIpc) is 2.52. The number of methoxy groups -OCH3 is 1. The molecule has 0 saturated heterocycles. The molecule has 1 rings (SSSR count). The van der Waals surface area contributed by atoms with Crippen LogP contribution >= 0.6 is 23.2 Å². The third kappa shape index (κ3) is 5.58. The van der Waals surface area contributed by atoms with Crippen LogP contribution < -0.4 is 4.74 Å². The summed E-state index contributed by atoms with van der Waals surface area (Å²) < 4.78 is 17.8. The second-order valence-corrected chi connectivity index (χ2v) is 5.15. The fourth-order valence-electron chi connectivity index (χ4n) is 1.64. The van der Waals surface area contributed by atoms with Crippen LogP contribution in [0.4, 0.5) is 4.39 Å². The lowest BCUT2D eigenvalue weighted by Crippen LogP contribution is -1.93. The Morgan fingerprint density at radius 2 is 1.83 bits per heavy atom. The summed E-state index contributed by atoms with van der Waals surface area (Å²) in [5.41, 5.74) is 1.45. The molecule has 0 heterocycles. The fraction of sp³-hybridized carbons (Fsp3) is 0.118. The Balaban J connectivity index is 2.81. The first-order valence-electron chi connectivity index (χ1n) is 6.51. The van der Waals surface area contributed by atoms with Crippen LogP contribution in [0.15, 0.2) is 48.3 Å². The maximum atomic E-state index is 12.6. The standard InChI is InChI=1S/C17H15Cl2FO3/c1-11-15(23-2)10-13(18)12(16(11)19)8-6-4-3-5-7-9-14(20)17(21)22/h3-10H,1-2H3,(H,21,22). The SMILES string of the molecule is COc1cc(Cl)c(C=CC=CC=CC=C(F)C(=O)O)c(Cl)c1C. The molecule has 0 fully saturated rings. The molecule has 0 amide bonds. The number of ether oxygens (including phenoxy) is 1. The van der Waals surface area contributed by atoms with Crippen molar-refractivity contribution in [3.63, 3.8) is 0 Å². The maximum absolute atomic E-state index is 12.6. The van der Waals surface area contributed by atoms with Crippen LogP contribution in [0.2, 0.25) is 10.0 Å². The zero-order valence-corrected chi connectivity index (χ0v) is 14.0. The second-order valence-electron chi connectivity index (χ2n) is 4.36. The highest BCUT2D eigenvalue weighted by molar-refractivity contribution is 6.37. The van der Waals surface area contributed by atoms with E-state index in [4.69, 9.17) is 33.0 Å². The Bertz CT molecular complexity index is 704. The predicted molar refractivity (Wildman–Crippen MR) is 91.9 cm³/mol. The van der Waals surface area contributed by atoms with Crippen molar-refractivity contribution >= 4 is 35.2 Å². The summed E-state index contributed by atoms with van der Waals surface area (Å²) in [6, 6.07) is 1.69. The van der Waals surface area contributed by atoms with E-state index in [2.05, 4.69) is 0 Å². The number of hydrogen-bond acceptors (Lipinski definition) is 2. The van der Waals surface area contributed by atoms with Crippen LogP contribution in [-0.4, -0.2) is 18.2 Å². The normalized spacial score (nSPS) is 12.7. The van der Waals surface area contributed by atoms with Crippen LogP contribution in [0.1, 0.15) is 11.1 Å². The van der Waals surface area contributed by atoms with E-state index < -0.39 is 11.8 Å². The molecule has 0 saturated carbocycles. The van der Waals surface area contributed by atoms with E-state index in [-0.39, 0.29) is 0 Å². The van der Waals surface area contributed by atoms with E-state index in [0.29, 0.717) is 21.4 Å². The van der Waals surface area contributed by atoms with Gasteiger partial charge in [0.15, 0.2) is 0 Å². The molecular formula is C17H15Cl2FO3. The van der Waals surface area contributed by atoms with Gasteiger partial charge in [-0.05, 0) is 19.1 Å². The number of halogens is 3. The van der Waals surface area contributed by atoms with Crippen molar-refractivity contribution in [2.24, 2.45) is 0 Å². The highest BCUT2D eigenvalue weighted by atomic mass is 35.5. The number of carboxylic acids is 1. The van der Waals surface area contributed by atoms with Crippen molar-refractivity contribution in [1.82, 2.24) is 0 Å². The Labute approximate surface area is 144 Å². The van der Waals surface area contributed by atoms with Crippen LogP contribution in [0, 0.1) is 6.92 Å². The third-order valence-corrected chi connectivity index (χ3v) is 3.62. The lowest BCUT2D eigenvalue weighted by Gasteiger charge is -2.10. The molecule has 6 heteroatoms. The summed E-state index contributed by atoms with van der Waals surface area (Å²) in [4.78, 5) is 10.2. The largest absolute Gasteiger partial charge is 0.496 e. The Kier molecular flexibility index (Phi) is 7.59. The molecule has 1 aromatic carbocycles. The third-order valence-electron chi connectivity index (χ3n) is 2.82. The van der Waals surface area contributed by atoms with Crippen LogP contribution in [0.25, 0.3) is 6.08 Å². The minimum Gasteiger partial charge on any atom is -0.496 e. The first-order valence-corrected chi connectivity index (χ1v) is 7.27. The number of carboxylic acid groups (broad SMARTS) is 1. The lowest BCUT2D eigenvalue weighted by molar-refractivity contribution is -0.134. The summed E-state index contributed by atoms with van der Waals surface area (Å²) in [6.45, 7) is 1.83. The van der Waals surface area contributed by atoms with E-state index in [1.165, 1.54) is 12.2 Å². The zero-order valence-electron chi connectivity index (χ0n) is 12.5. The van der Waals surface area contributed by atoms with Gasteiger partial charge in [-0.15, -0.1) is 0 Å². The van der Waals surface area contributed by atoms with Gasteiger partial charge in [0.1, 0.15) is 5.75 Å². The molecule has 122 valence electrons. The van der Waals surface area contributed by atoms with E-state index in [9.17, 15) is 9.18 Å². The van der Waals surface area contributed by atoms with E-state index in [1.807, 2.05) is 6.92 Å². The van der Waals surface area contributed by atoms with Gasteiger partial charge in [-0.25, -0.2) is 4.79 Å². The monoisotopic (exact) mass is 356 g/mol. The number of benzene rings is 1. The summed E-state index contributed by atoms with van der Waals surface area (Å²) in [7, 11) is 1.54. The second kappa shape index (κ2) is 9.18. The highest BCUT2D eigenvalue weighted by Gasteiger charge is 2.11. The molecule has 0 bridgehead atoms. The fourth-order valence-corrected chi connectivity index (χ4v) is 2.20.